The van der Waals surface area contributed by atoms with Crippen LogP contribution in [-0.4, -0.2) is 91.4 Å². The third kappa shape index (κ3) is 9.12. The fraction of sp³-hybridized carbons (Fsp3) is 0.462. The van der Waals surface area contributed by atoms with E-state index in [2.05, 4.69) is 17.2 Å². The molecule has 14 nitrogen and oxygen atoms in total. The molecule has 0 unspecified atom stereocenters. The summed E-state index contributed by atoms with van der Waals surface area (Å²) in [5.41, 5.74) is -1.19. The lowest BCUT2D eigenvalue weighted by Gasteiger charge is -2.36. The molecule has 1 saturated carbocycles. The lowest BCUT2D eigenvalue weighted by Crippen LogP contribution is -2.60. The van der Waals surface area contributed by atoms with Gasteiger partial charge in [0.2, 0.25) is 21.8 Å². The SMILES string of the molecule is C=C[C@@H]1C[C@]1(NC(=O)[C@@H]1C[C@@H](Oc2cc(-c3ccccc3)nc3cc(OC)ccc23)CN1C(=O)[C@@H](NC(=O)OC(C)(C)C)C(C)(C)C)C(=O)NS(C)(=O)=O. The molecule has 3 N–H and O–H groups in total. The Kier molecular flexibility index (Phi) is 11.1. The number of alkyl carbamates (subject to hydrolysis) is 1. The molecule has 3 aromatic rings. The van der Waals surface area contributed by atoms with Crippen LogP contribution in [0.15, 0.2) is 67.3 Å². The van der Waals surface area contributed by atoms with Gasteiger partial charge in [0, 0.05) is 35.4 Å². The van der Waals surface area contributed by atoms with E-state index in [0.717, 1.165) is 11.8 Å². The highest BCUT2D eigenvalue weighted by Gasteiger charge is 2.61. The molecule has 2 aromatic carbocycles. The van der Waals surface area contributed by atoms with E-state index in [-0.39, 0.29) is 19.4 Å². The van der Waals surface area contributed by atoms with Gasteiger partial charge in [-0.05, 0) is 44.7 Å². The summed E-state index contributed by atoms with van der Waals surface area (Å²) in [6.07, 6.45) is 0.892. The van der Waals surface area contributed by atoms with Gasteiger partial charge in [0.15, 0.2) is 0 Å². The van der Waals surface area contributed by atoms with Gasteiger partial charge in [0.05, 0.1) is 31.1 Å². The van der Waals surface area contributed by atoms with Crippen LogP contribution in [0.25, 0.3) is 22.2 Å². The molecule has 0 radical (unpaired) electrons. The molecule has 1 aliphatic carbocycles. The lowest BCUT2D eigenvalue weighted by molar-refractivity contribution is -0.143. The van der Waals surface area contributed by atoms with E-state index in [1.54, 1.807) is 66.9 Å². The smallest absolute Gasteiger partial charge is 0.408 e. The molecular weight excluding hydrogens is 715 g/mol. The molecule has 2 fully saturated rings. The largest absolute Gasteiger partial charge is 0.497 e. The van der Waals surface area contributed by atoms with Crippen LogP contribution in [-0.2, 0) is 29.1 Å². The highest BCUT2D eigenvalue weighted by atomic mass is 32.2. The first-order chi connectivity index (χ1) is 25.1. The normalized spacial score (nSPS) is 21.8. The zero-order valence-electron chi connectivity index (χ0n) is 31.9. The summed E-state index contributed by atoms with van der Waals surface area (Å²) in [5.74, 6) is -1.66. The van der Waals surface area contributed by atoms with E-state index in [0.29, 0.717) is 28.1 Å². The topological polar surface area (TPSA) is 182 Å². The number of methoxy groups -OCH3 is 1. The van der Waals surface area contributed by atoms with Crippen molar-refractivity contribution in [3.63, 3.8) is 0 Å². The third-order valence-corrected chi connectivity index (χ3v) is 9.85. The van der Waals surface area contributed by atoms with Crippen molar-refractivity contribution in [2.75, 3.05) is 19.9 Å². The summed E-state index contributed by atoms with van der Waals surface area (Å²) in [4.78, 5) is 61.3. The number of carbonyl (C=O) groups is 4. The number of rotatable bonds is 11. The first-order valence-corrected chi connectivity index (χ1v) is 19.5. The maximum atomic E-state index is 14.6. The average molecular weight is 764 g/mol. The molecule has 1 aliphatic heterocycles. The van der Waals surface area contributed by atoms with Gasteiger partial charge in [-0.2, -0.15) is 0 Å². The molecule has 2 aliphatic rings. The van der Waals surface area contributed by atoms with Gasteiger partial charge in [-0.15, -0.1) is 6.58 Å². The van der Waals surface area contributed by atoms with Gasteiger partial charge < -0.3 is 29.7 Å². The third-order valence-electron chi connectivity index (χ3n) is 9.29. The van der Waals surface area contributed by atoms with Crippen LogP contribution in [0.1, 0.15) is 54.4 Å². The first kappa shape index (κ1) is 40.0. The maximum Gasteiger partial charge on any atom is 0.408 e. The van der Waals surface area contributed by atoms with Gasteiger partial charge in [-0.1, -0.05) is 57.2 Å². The van der Waals surface area contributed by atoms with E-state index in [1.807, 2.05) is 41.1 Å². The number of nitrogens with one attached hydrogen (secondary N) is 3. The van der Waals surface area contributed by atoms with Crippen LogP contribution >= 0.6 is 0 Å². The molecular formula is C39H49N5O9S. The zero-order valence-corrected chi connectivity index (χ0v) is 32.7. The molecule has 2 heterocycles. The van der Waals surface area contributed by atoms with Crippen molar-refractivity contribution in [2.24, 2.45) is 11.3 Å². The number of fused-ring (bicyclic) bond motifs is 1. The number of amides is 4. The Hall–Kier alpha value is -5.18. The number of aromatic nitrogens is 1. The minimum atomic E-state index is -3.95. The fourth-order valence-electron chi connectivity index (χ4n) is 6.55. The van der Waals surface area contributed by atoms with Crippen LogP contribution in [0.3, 0.4) is 0 Å². The Morgan fingerprint density at radius 3 is 2.30 bits per heavy atom. The lowest BCUT2D eigenvalue weighted by atomic mass is 9.85. The molecule has 4 amide bonds. The number of likely N-dealkylation sites (tertiary alicyclic amines) is 1. The predicted molar refractivity (Wildman–Crippen MR) is 203 cm³/mol. The summed E-state index contributed by atoms with van der Waals surface area (Å²) in [7, 11) is -2.39. The van der Waals surface area contributed by atoms with Crippen molar-refractivity contribution >= 4 is 44.7 Å². The monoisotopic (exact) mass is 763 g/mol. The number of hydrogen-bond acceptors (Lipinski definition) is 10. The number of nitrogens with zero attached hydrogens (tertiary/aromatic N) is 2. The van der Waals surface area contributed by atoms with Crippen LogP contribution in [0, 0.1) is 11.3 Å². The Labute approximate surface area is 316 Å². The molecule has 290 valence electrons. The van der Waals surface area contributed by atoms with Crippen LogP contribution in [0.5, 0.6) is 11.5 Å². The standard InChI is InChI=1S/C39H49N5O9S/c1-10-24-21-39(24,35(47)43-54(9,49)50)42-33(45)30-19-26(22-44(30)34(46)32(37(2,3)4)41-36(48)53-38(5,6)7)52-31-20-28(23-14-12-11-13-15-23)40-29-18-25(51-8)16-17-27(29)31/h10-18,20,24,26,30,32H,1,19,21-22H2,2-9H3,(H,41,48)(H,42,45)(H,43,47)/t24-,26-,30+,32-,39-/m1/s1. The van der Waals surface area contributed by atoms with Gasteiger partial charge in [-0.3, -0.25) is 19.1 Å². The molecule has 5 rings (SSSR count). The minimum absolute atomic E-state index is 0.00401. The number of sulfonamides is 1. The second-order valence-corrected chi connectivity index (χ2v) is 17.6. The first-order valence-electron chi connectivity index (χ1n) is 17.6. The molecule has 15 heteroatoms. The summed E-state index contributed by atoms with van der Waals surface area (Å²) in [5, 5.41) is 6.13. The zero-order chi connectivity index (χ0) is 39.8. The number of benzene rings is 2. The highest BCUT2D eigenvalue weighted by molar-refractivity contribution is 7.89. The van der Waals surface area contributed by atoms with Crippen molar-refractivity contribution in [1.82, 2.24) is 25.2 Å². The summed E-state index contributed by atoms with van der Waals surface area (Å²) in [6.45, 7) is 14.1. The average Bonchev–Trinajstić information content (AvgIpc) is 3.64. The fourth-order valence-corrected chi connectivity index (χ4v) is 7.07. The summed E-state index contributed by atoms with van der Waals surface area (Å²) >= 11 is 0. The van der Waals surface area contributed by atoms with E-state index >= 15 is 0 Å². The second kappa shape index (κ2) is 14.9. The van der Waals surface area contributed by atoms with Crippen molar-refractivity contribution in [1.29, 1.82) is 0 Å². The van der Waals surface area contributed by atoms with Crippen molar-refractivity contribution < 1.29 is 41.8 Å². The van der Waals surface area contributed by atoms with Crippen molar-refractivity contribution in [2.45, 2.75) is 83.7 Å². The highest BCUT2D eigenvalue weighted by Crippen LogP contribution is 2.45. The van der Waals surface area contributed by atoms with E-state index in [9.17, 15) is 27.6 Å². The second-order valence-electron chi connectivity index (χ2n) is 15.9. The molecule has 5 atom stereocenters. The number of hydrogen-bond donors (Lipinski definition) is 3. The Morgan fingerprint density at radius 2 is 1.72 bits per heavy atom. The minimum Gasteiger partial charge on any atom is -0.497 e. The van der Waals surface area contributed by atoms with Crippen LogP contribution in [0.2, 0.25) is 0 Å². The van der Waals surface area contributed by atoms with E-state index < -0.39 is 74.5 Å². The molecule has 1 aromatic heterocycles. The van der Waals surface area contributed by atoms with Gasteiger partial charge >= 0.3 is 6.09 Å². The van der Waals surface area contributed by atoms with Crippen molar-refractivity contribution in [3.05, 3.63) is 67.3 Å². The Morgan fingerprint density at radius 1 is 1.04 bits per heavy atom. The number of pyridine rings is 1. The summed E-state index contributed by atoms with van der Waals surface area (Å²) < 4.78 is 43.6. The van der Waals surface area contributed by atoms with Gasteiger partial charge in [0.1, 0.15) is 40.8 Å². The quantitative estimate of drug-likeness (QED) is 0.238. The Bertz CT molecular complexity index is 2060. The molecule has 0 bridgehead atoms. The predicted octanol–water partition coefficient (Wildman–Crippen LogP) is 4.33. The number of ether oxygens (including phenoxy) is 3. The number of carbonyl (C=O) groups excluding carboxylic acids is 4. The Balaban J connectivity index is 1.52. The van der Waals surface area contributed by atoms with Gasteiger partial charge in [0.25, 0.3) is 5.91 Å². The summed E-state index contributed by atoms with van der Waals surface area (Å²) in [6, 6.07) is 14.4. The maximum absolute atomic E-state index is 14.6. The molecule has 0 spiro atoms. The van der Waals surface area contributed by atoms with Crippen LogP contribution in [0.4, 0.5) is 4.79 Å². The van der Waals surface area contributed by atoms with Gasteiger partial charge in [-0.25, -0.2) is 18.2 Å². The van der Waals surface area contributed by atoms with E-state index in [1.165, 1.54) is 11.0 Å². The van der Waals surface area contributed by atoms with E-state index in [4.69, 9.17) is 19.2 Å². The van der Waals surface area contributed by atoms with Crippen LogP contribution < -0.4 is 24.8 Å². The molecule has 54 heavy (non-hydrogen) atoms. The van der Waals surface area contributed by atoms with Crippen molar-refractivity contribution in [3.8, 4) is 22.8 Å². The molecule has 1 saturated heterocycles.